The van der Waals surface area contributed by atoms with E-state index in [0.717, 1.165) is 30.5 Å². The quantitative estimate of drug-likeness (QED) is 0.847. The van der Waals surface area contributed by atoms with E-state index in [9.17, 15) is 23.1 Å². The van der Waals surface area contributed by atoms with Gasteiger partial charge >= 0.3 is 6.18 Å². The number of nitrogens with zero attached hydrogens (tertiary/aromatic N) is 1. The van der Waals surface area contributed by atoms with E-state index in [2.05, 4.69) is 0 Å². The summed E-state index contributed by atoms with van der Waals surface area (Å²) in [6.07, 6.45) is -1.57. The summed E-state index contributed by atoms with van der Waals surface area (Å²) in [4.78, 5) is 14.9. The fourth-order valence-corrected chi connectivity index (χ4v) is 4.99. The smallest absolute Gasteiger partial charge is 0.396 e. The molecular formula is C22H22F3NO2. The lowest BCUT2D eigenvalue weighted by Crippen LogP contribution is -2.44. The van der Waals surface area contributed by atoms with Crippen molar-refractivity contribution in [3.63, 3.8) is 0 Å². The monoisotopic (exact) mass is 389 g/mol. The second-order valence-electron chi connectivity index (χ2n) is 7.92. The highest BCUT2D eigenvalue weighted by Crippen LogP contribution is 2.51. The van der Waals surface area contributed by atoms with E-state index >= 15 is 0 Å². The molecule has 4 rings (SSSR count). The van der Waals surface area contributed by atoms with Gasteiger partial charge in [-0.05, 0) is 49.4 Å². The lowest BCUT2D eigenvalue weighted by Gasteiger charge is -2.36. The van der Waals surface area contributed by atoms with E-state index in [1.165, 1.54) is 12.1 Å². The molecule has 2 aromatic carbocycles. The SMILES string of the molecule is O=C(c1cccc(C(F)(F)F)c1)N1[C@H]2CC[C@@H]1[C@@](CO)(Cc1ccccc1)C2. The van der Waals surface area contributed by atoms with Gasteiger partial charge in [0.25, 0.3) is 5.91 Å². The molecule has 2 heterocycles. The summed E-state index contributed by atoms with van der Waals surface area (Å²) in [6, 6.07) is 14.2. The Morgan fingerprint density at radius 1 is 1.11 bits per heavy atom. The number of amides is 1. The number of hydrogen-bond acceptors (Lipinski definition) is 2. The van der Waals surface area contributed by atoms with Crippen LogP contribution in [-0.2, 0) is 12.6 Å². The molecular weight excluding hydrogens is 367 g/mol. The van der Waals surface area contributed by atoms with Crippen molar-refractivity contribution >= 4 is 5.91 Å². The fraction of sp³-hybridized carbons (Fsp3) is 0.409. The van der Waals surface area contributed by atoms with Crippen LogP contribution in [0, 0.1) is 5.41 Å². The molecule has 3 nitrogen and oxygen atoms in total. The Hall–Kier alpha value is -2.34. The maximum absolute atomic E-state index is 13.1. The van der Waals surface area contributed by atoms with Crippen LogP contribution in [0.25, 0.3) is 0 Å². The Kier molecular flexibility index (Phi) is 4.70. The number of aliphatic hydroxyl groups is 1. The van der Waals surface area contributed by atoms with Crippen LogP contribution < -0.4 is 0 Å². The van der Waals surface area contributed by atoms with Crippen LogP contribution in [0.15, 0.2) is 54.6 Å². The van der Waals surface area contributed by atoms with Gasteiger partial charge in [-0.1, -0.05) is 36.4 Å². The summed E-state index contributed by atoms with van der Waals surface area (Å²) in [5.74, 6) is -0.373. The van der Waals surface area contributed by atoms with Crippen LogP contribution in [-0.4, -0.2) is 34.6 Å². The number of aliphatic hydroxyl groups excluding tert-OH is 1. The molecule has 0 aliphatic carbocycles. The maximum atomic E-state index is 13.1. The predicted octanol–water partition coefficient (Wildman–Crippen LogP) is 4.30. The maximum Gasteiger partial charge on any atom is 0.416 e. The van der Waals surface area contributed by atoms with Crippen molar-refractivity contribution < 1.29 is 23.1 Å². The summed E-state index contributed by atoms with van der Waals surface area (Å²) >= 11 is 0. The number of rotatable bonds is 4. The molecule has 2 saturated heterocycles. The van der Waals surface area contributed by atoms with Crippen LogP contribution >= 0.6 is 0 Å². The normalized spacial score (nSPS) is 26.6. The standard InChI is InChI=1S/C22H22F3NO2/c23-22(24,25)17-8-4-7-16(11-17)20(28)26-18-9-10-19(26)21(13-18,14-27)12-15-5-2-1-3-6-15/h1-8,11,18-19,27H,9-10,12-14H2/t18-,19+,21-/m0/s1. The average Bonchev–Trinajstić information content (AvgIpc) is 3.24. The largest absolute Gasteiger partial charge is 0.416 e. The predicted molar refractivity (Wildman–Crippen MR) is 98.7 cm³/mol. The highest BCUT2D eigenvalue weighted by Gasteiger charge is 2.57. The molecule has 0 radical (unpaired) electrons. The van der Waals surface area contributed by atoms with Crippen molar-refractivity contribution in [2.24, 2.45) is 5.41 Å². The molecule has 3 atom stereocenters. The number of fused-ring (bicyclic) bond motifs is 2. The summed E-state index contributed by atoms with van der Waals surface area (Å²) in [7, 11) is 0. The first kappa shape index (κ1) is 19.0. The first-order chi connectivity index (χ1) is 13.3. The molecule has 2 aliphatic rings. The minimum Gasteiger partial charge on any atom is -0.396 e. The van der Waals surface area contributed by atoms with Gasteiger partial charge in [-0.15, -0.1) is 0 Å². The Morgan fingerprint density at radius 3 is 2.54 bits per heavy atom. The topological polar surface area (TPSA) is 40.5 Å². The zero-order valence-corrected chi connectivity index (χ0v) is 15.3. The minimum atomic E-state index is -4.48. The molecule has 2 bridgehead atoms. The zero-order valence-electron chi connectivity index (χ0n) is 15.3. The third-order valence-corrected chi connectivity index (χ3v) is 6.24. The Labute approximate surface area is 161 Å². The van der Waals surface area contributed by atoms with Crippen LogP contribution in [0.1, 0.15) is 40.7 Å². The molecule has 2 aliphatic heterocycles. The van der Waals surface area contributed by atoms with Gasteiger partial charge in [0.05, 0.1) is 12.2 Å². The van der Waals surface area contributed by atoms with Crippen LogP contribution in [0.2, 0.25) is 0 Å². The molecule has 6 heteroatoms. The average molecular weight is 389 g/mol. The van der Waals surface area contributed by atoms with Gasteiger partial charge in [0.15, 0.2) is 0 Å². The molecule has 0 unspecified atom stereocenters. The fourth-order valence-electron chi connectivity index (χ4n) is 4.99. The lowest BCUT2D eigenvalue weighted by molar-refractivity contribution is -0.137. The van der Waals surface area contributed by atoms with E-state index in [1.54, 1.807) is 4.90 Å². The number of carbonyl (C=O) groups is 1. The zero-order chi connectivity index (χ0) is 19.9. The van der Waals surface area contributed by atoms with Crippen molar-refractivity contribution in [1.82, 2.24) is 4.90 Å². The van der Waals surface area contributed by atoms with Crippen LogP contribution in [0.3, 0.4) is 0 Å². The molecule has 0 spiro atoms. The van der Waals surface area contributed by atoms with Crippen molar-refractivity contribution in [2.45, 2.75) is 43.9 Å². The summed E-state index contributed by atoms with van der Waals surface area (Å²) in [6.45, 7) is -0.0462. The first-order valence-corrected chi connectivity index (χ1v) is 9.49. The van der Waals surface area contributed by atoms with Crippen molar-refractivity contribution in [3.05, 3.63) is 71.3 Å². The van der Waals surface area contributed by atoms with E-state index in [4.69, 9.17) is 0 Å². The number of hydrogen-bond donors (Lipinski definition) is 1. The van der Waals surface area contributed by atoms with Gasteiger partial charge in [-0.3, -0.25) is 4.79 Å². The Balaban J connectivity index is 1.62. The van der Waals surface area contributed by atoms with Gasteiger partial charge in [0, 0.05) is 23.1 Å². The molecule has 1 amide bonds. The van der Waals surface area contributed by atoms with E-state index in [0.29, 0.717) is 12.8 Å². The van der Waals surface area contributed by atoms with Crippen molar-refractivity contribution in [1.29, 1.82) is 0 Å². The molecule has 148 valence electrons. The van der Waals surface area contributed by atoms with E-state index in [1.807, 2.05) is 30.3 Å². The molecule has 28 heavy (non-hydrogen) atoms. The van der Waals surface area contributed by atoms with Gasteiger partial charge in [0.2, 0.25) is 0 Å². The highest BCUT2D eigenvalue weighted by molar-refractivity contribution is 5.95. The minimum absolute atomic E-state index is 0.0390. The third kappa shape index (κ3) is 3.20. The Bertz CT molecular complexity index is 868. The number of halogens is 3. The molecule has 2 fully saturated rings. The Morgan fingerprint density at radius 2 is 1.86 bits per heavy atom. The van der Waals surface area contributed by atoms with Gasteiger partial charge in [-0.2, -0.15) is 13.2 Å². The van der Waals surface area contributed by atoms with Crippen LogP contribution in [0.4, 0.5) is 13.2 Å². The first-order valence-electron chi connectivity index (χ1n) is 9.49. The van der Waals surface area contributed by atoms with Crippen molar-refractivity contribution in [3.8, 4) is 0 Å². The van der Waals surface area contributed by atoms with Gasteiger partial charge < -0.3 is 10.0 Å². The number of alkyl halides is 3. The summed E-state index contributed by atoms with van der Waals surface area (Å²) < 4.78 is 39.1. The van der Waals surface area contributed by atoms with Gasteiger partial charge in [-0.25, -0.2) is 0 Å². The van der Waals surface area contributed by atoms with E-state index < -0.39 is 17.2 Å². The third-order valence-electron chi connectivity index (χ3n) is 6.24. The lowest BCUT2D eigenvalue weighted by atomic mass is 9.70. The van der Waals surface area contributed by atoms with Gasteiger partial charge in [0.1, 0.15) is 0 Å². The number of benzene rings is 2. The van der Waals surface area contributed by atoms with E-state index in [-0.39, 0.29) is 30.2 Å². The second-order valence-corrected chi connectivity index (χ2v) is 7.92. The molecule has 2 aromatic rings. The molecule has 0 aromatic heterocycles. The molecule has 0 saturated carbocycles. The molecule has 1 N–H and O–H groups in total. The summed E-state index contributed by atoms with van der Waals surface area (Å²) in [5.41, 5.74) is -0.111. The van der Waals surface area contributed by atoms with Crippen LogP contribution in [0.5, 0.6) is 0 Å². The highest BCUT2D eigenvalue weighted by atomic mass is 19.4. The van der Waals surface area contributed by atoms with Crippen molar-refractivity contribution in [2.75, 3.05) is 6.61 Å². The second kappa shape index (κ2) is 6.92. The summed E-state index contributed by atoms with van der Waals surface area (Å²) in [5, 5.41) is 10.2. The number of carbonyl (C=O) groups excluding carboxylic acids is 1.